The lowest BCUT2D eigenvalue weighted by Gasteiger charge is -2.16. The van der Waals surface area contributed by atoms with Crippen molar-refractivity contribution in [3.05, 3.63) is 34.3 Å². The molecule has 1 atom stereocenters. The molecule has 1 unspecified atom stereocenters. The van der Waals surface area contributed by atoms with Crippen LogP contribution in [0.2, 0.25) is 10.0 Å². The fourth-order valence-corrected chi connectivity index (χ4v) is 3.43. The summed E-state index contributed by atoms with van der Waals surface area (Å²) in [6.07, 6.45) is 0. The Morgan fingerprint density at radius 1 is 0.829 bits per heavy atom. The van der Waals surface area contributed by atoms with Gasteiger partial charge in [0.15, 0.2) is 28.8 Å². The molecule has 9 nitrogen and oxygen atoms in total. The number of carbonyl (C=O) groups excluding carboxylic acids is 2. The molecule has 0 spiro atoms. The van der Waals surface area contributed by atoms with E-state index in [1.54, 1.807) is 6.07 Å². The Kier molecular flexibility index (Phi) is 11.1. The number of hydrogen-bond acceptors (Lipinski definition) is 8. The van der Waals surface area contributed by atoms with Crippen molar-refractivity contribution >= 4 is 46.3 Å². The number of rotatable bonds is 13. The van der Waals surface area contributed by atoms with Crippen molar-refractivity contribution in [2.75, 3.05) is 31.7 Å². The number of hydrogen-bond donors (Lipinski definition) is 1. The molecular weight excluding hydrogens is 497 g/mol. The first-order valence-electron chi connectivity index (χ1n) is 11.2. The first-order valence-corrected chi connectivity index (χ1v) is 11.9. The first kappa shape index (κ1) is 28.2. The molecule has 190 valence electrons. The van der Waals surface area contributed by atoms with Gasteiger partial charge >= 0.3 is 0 Å². The number of azo groups is 1. The van der Waals surface area contributed by atoms with E-state index in [0.29, 0.717) is 55.1 Å². The molecule has 0 aliphatic rings. The third kappa shape index (κ3) is 7.73. The molecule has 0 saturated heterocycles. The summed E-state index contributed by atoms with van der Waals surface area (Å²) in [5.41, 5.74) is 0.534. The fourth-order valence-electron chi connectivity index (χ4n) is 2.97. The summed E-state index contributed by atoms with van der Waals surface area (Å²) in [6.45, 7) is 10.1. The van der Waals surface area contributed by atoms with Gasteiger partial charge in [-0.05, 0) is 40.7 Å². The molecule has 2 aromatic rings. The van der Waals surface area contributed by atoms with Crippen molar-refractivity contribution in [3.63, 3.8) is 0 Å². The van der Waals surface area contributed by atoms with Gasteiger partial charge in [0.1, 0.15) is 0 Å². The van der Waals surface area contributed by atoms with Crippen LogP contribution < -0.4 is 24.3 Å². The van der Waals surface area contributed by atoms with Crippen molar-refractivity contribution in [1.82, 2.24) is 0 Å². The molecule has 0 saturated carbocycles. The van der Waals surface area contributed by atoms with Crippen LogP contribution in [0.15, 0.2) is 34.5 Å². The molecule has 35 heavy (non-hydrogen) atoms. The Balaban J connectivity index is 2.31. The van der Waals surface area contributed by atoms with Gasteiger partial charge in [0.05, 0.1) is 47.8 Å². The molecule has 0 aliphatic carbocycles. The van der Waals surface area contributed by atoms with Crippen molar-refractivity contribution in [2.45, 2.75) is 40.7 Å². The highest BCUT2D eigenvalue weighted by Gasteiger charge is 2.25. The highest BCUT2D eigenvalue weighted by atomic mass is 35.5. The zero-order valence-electron chi connectivity index (χ0n) is 20.3. The molecule has 0 bridgehead atoms. The average molecular weight is 526 g/mol. The molecule has 0 radical (unpaired) electrons. The van der Waals surface area contributed by atoms with Crippen LogP contribution in [-0.4, -0.2) is 44.2 Å². The largest absolute Gasteiger partial charge is 0.490 e. The summed E-state index contributed by atoms with van der Waals surface area (Å²) in [7, 11) is 0. The first-order chi connectivity index (χ1) is 16.7. The van der Waals surface area contributed by atoms with Crippen LogP contribution in [0, 0.1) is 0 Å². The van der Waals surface area contributed by atoms with E-state index in [2.05, 4.69) is 15.5 Å². The van der Waals surface area contributed by atoms with E-state index >= 15 is 0 Å². The lowest BCUT2D eigenvalue weighted by molar-refractivity contribution is -0.126. The number of halogens is 2. The maximum Gasteiger partial charge on any atom is 0.258 e. The highest BCUT2D eigenvalue weighted by molar-refractivity contribution is 6.34. The molecule has 1 N–H and O–H groups in total. The van der Waals surface area contributed by atoms with Gasteiger partial charge in [-0.15, -0.1) is 0 Å². The van der Waals surface area contributed by atoms with Gasteiger partial charge in [0, 0.05) is 18.2 Å². The second-order valence-corrected chi connectivity index (χ2v) is 7.80. The second-order valence-electron chi connectivity index (χ2n) is 6.98. The van der Waals surface area contributed by atoms with Crippen LogP contribution in [0.3, 0.4) is 0 Å². The Morgan fingerprint density at radius 3 is 1.97 bits per heavy atom. The predicted octanol–water partition coefficient (Wildman–Crippen LogP) is 6.27. The summed E-state index contributed by atoms with van der Waals surface area (Å²) in [5, 5.41) is 11.1. The number of nitrogens with one attached hydrogen (secondary N) is 1. The van der Waals surface area contributed by atoms with Gasteiger partial charge in [-0.2, -0.15) is 10.2 Å². The van der Waals surface area contributed by atoms with Crippen LogP contribution in [0.4, 0.5) is 11.4 Å². The Hall–Kier alpha value is -3.04. The Labute approximate surface area is 214 Å². The molecule has 2 rings (SSSR count). The monoisotopic (exact) mass is 525 g/mol. The molecular formula is C24H29Cl2N3O6. The fraction of sp³-hybridized carbons (Fsp3) is 0.417. The SMILES string of the molecule is CCOc1cc(Cl)c(NC(=O)C(N=Nc2cc(Cl)c(OCC)c(OCC)c2)C(C)=O)cc1OCC. The number of ketones is 1. The zero-order chi connectivity index (χ0) is 26.0. The lowest BCUT2D eigenvalue weighted by Crippen LogP contribution is -2.32. The number of benzene rings is 2. The summed E-state index contributed by atoms with van der Waals surface area (Å²) in [6, 6.07) is 4.72. The summed E-state index contributed by atoms with van der Waals surface area (Å²) >= 11 is 12.6. The summed E-state index contributed by atoms with van der Waals surface area (Å²) in [4.78, 5) is 25.1. The minimum Gasteiger partial charge on any atom is -0.490 e. The van der Waals surface area contributed by atoms with Gasteiger partial charge < -0.3 is 24.3 Å². The lowest BCUT2D eigenvalue weighted by atomic mass is 10.2. The minimum absolute atomic E-state index is 0.212. The molecule has 1 amide bonds. The van der Waals surface area contributed by atoms with E-state index in [0.717, 1.165) is 0 Å². The molecule has 11 heteroatoms. The van der Waals surface area contributed by atoms with Gasteiger partial charge in [0.25, 0.3) is 5.91 Å². The standard InChI is InChI=1S/C24H29Cl2N3O6/c1-6-32-19-12-16(25)18(13-20(19)33-7-2)27-24(31)22(14(5)30)29-28-15-10-17(26)23(35-9-4)21(11-15)34-8-3/h10-13,22H,6-9H2,1-5H3,(H,27,31). The van der Waals surface area contributed by atoms with E-state index in [-0.39, 0.29) is 15.7 Å². The van der Waals surface area contributed by atoms with E-state index in [4.69, 9.17) is 42.1 Å². The van der Waals surface area contributed by atoms with Crippen molar-refractivity contribution in [2.24, 2.45) is 10.2 Å². The molecule has 0 fully saturated rings. The summed E-state index contributed by atoms with van der Waals surface area (Å²) < 4.78 is 22.2. The van der Waals surface area contributed by atoms with Crippen LogP contribution in [-0.2, 0) is 9.59 Å². The molecule has 0 heterocycles. The minimum atomic E-state index is -1.42. The zero-order valence-corrected chi connectivity index (χ0v) is 21.8. The highest BCUT2D eigenvalue weighted by Crippen LogP contribution is 2.40. The number of anilines is 1. The topological polar surface area (TPSA) is 108 Å². The van der Waals surface area contributed by atoms with Crippen molar-refractivity contribution in [1.29, 1.82) is 0 Å². The van der Waals surface area contributed by atoms with E-state index in [1.165, 1.54) is 25.1 Å². The van der Waals surface area contributed by atoms with Gasteiger partial charge in [-0.1, -0.05) is 23.2 Å². The Bertz CT molecular complexity index is 1080. The molecule has 2 aromatic carbocycles. The van der Waals surface area contributed by atoms with E-state index < -0.39 is 17.7 Å². The maximum absolute atomic E-state index is 12.9. The number of amides is 1. The van der Waals surface area contributed by atoms with Crippen LogP contribution in [0.5, 0.6) is 23.0 Å². The number of Topliss-reactive ketones (excluding diaryl/α,β-unsaturated/α-hetero) is 1. The smallest absolute Gasteiger partial charge is 0.258 e. The van der Waals surface area contributed by atoms with Gasteiger partial charge in [0.2, 0.25) is 6.04 Å². The van der Waals surface area contributed by atoms with E-state index in [9.17, 15) is 9.59 Å². The molecule has 0 aromatic heterocycles. The third-order valence-corrected chi connectivity index (χ3v) is 4.99. The Morgan fingerprint density at radius 2 is 1.40 bits per heavy atom. The van der Waals surface area contributed by atoms with Crippen LogP contribution >= 0.6 is 23.2 Å². The number of ether oxygens (including phenoxy) is 4. The number of nitrogens with zero attached hydrogens (tertiary/aromatic N) is 2. The van der Waals surface area contributed by atoms with Crippen LogP contribution in [0.25, 0.3) is 0 Å². The molecule has 0 aliphatic heterocycles. The van der Waals surface area contributed by atoms with Crippen LogP contribution in [0.1, 0.15) is 34.6 Å². The van der Waals surface area contributed by atoms with E-state index in [1.807, 2.05) is 27.7 Å². The quantitative estimate of drug-likeness (QED) is 0.244. The van der Waals surface area contributed by atoms with Crippen molar-refractivity contribution in [3.8, 4) is 23.0 Å². The number of carbonyl (C=O) groups is 2. The predicted molar refractivity (Wildman–Crippen MR) is 135 cm³/mol. The third-order valence-electron chi connectivity index (χ3n) is 4.40. The van der Waals surface area contributed by atoms with Crippen molar-refractivity contribution < 1.29 is 28.5 Å². The summed E-state index contributed by atoms with van der Waals surface area (Å²) in [5.74, 6) is 0.382. The second kappa shape index (κ2) is 13.7. The van der Waals surface area contributed by atoms with Gasteiger partial charge in [-0.3, -0.25) is 9.59 Å². The van der Waals surface area contributed by atoms with Gasteiger partial charge in [-0.25, -0.2) is 0 Å². The maximum atomic E-state index is 12.9. The average Bonchev–Trinajstić information content (AvgIpc) is 2.79. The normalized spacial score (nSPS) is 11.7.